The zero-order chi connectivity index (χ0) is 13.1. The van der Waals surface area contributed by atoms with Crippen LogP contribution in [0.15, 0.2) is 0 Å². The van der Waals surface area contributed by atoms with Gasteiger partial charge in [0.25, 0.3) is 0 Å². The summed E-state index contributed by atoms with van der Waals surface area (Å²) in [6.45, 7) is 3.28. The first-order chi connectivity index (χ1) is 7.78. The van der Waals surface area contributed by atoms with Crippen LogP contribution in [0.2, 0.25) is 0 Å². The Kier molecular flexibility index (Phi) is 4.72. The average Bonchev–Trinajstić information content (AvgIpc) is 2.26. The van der Waals surface area contributed by atoms with Gasteiger partial charge in [0.05, 0.1) is 16.5 Å². The third kappa shape index (κ3) is 3.78. The minimum atomic E-state index is -3.14. The molecule has 0 atom stereocenters. The van der Waals surface area contributed by atoms with E-state index in [4.69, 9.17) is 5.73 Å². The van der Waals surface area contributed by atoms with E-state index in [-0.39, 0.29) is 18.0 Å². The second-order valence-corrected chi connectivity index (χ2v) is 7.98. The molecule has 1 aliphatic rings. The Hall–Kier alpha value is -0.420. The fourth-order valence-electron chi connectivity index (χ4n) is 2.18. The summed E-state index contributed by atoms with van der Waals surface area (Å²) in [7, 11) is -3.14. The number of hydrogen-bond acceptors (Lipinski definition) is 4. The van der Waals surface area contributed by atoms with Crippen LogP contribution in [-0.4, -0.2) is 30.7 Å². The van der Waals surface area contributed by atoms with Gasteiger partial charge in [-0.3, -0.25) is 4.79 Å². The van der Waals surface area contributed by atoms with E-state index in [1.165, 1.54) is 0 Å². The fourth-order valence-corrected chi connectivity index (χ4v) is 3.12. The quantitative estimate of drug-likeness (QED) is 0.812. The van der Waals surface area contributed by atoms with Crippen molar-refractivity contribution in [1.29, 1.82) is 0 Å². The lowest BCUT2D eigenvalue weighted by Gasteiger charge is -2.31. The monoisotopic (exact) mass is 261 g/mol. The van der Waals surface area contributed by atoms with Gasteiger partial charge in [-0.05, 0) is 26.7 Å². The molecule has 0 amide bonds. The number of sulfone groups is 1. The maximum absolute atomic E-state index is 12.0. The maximum atomic E-state index is 12.0. The Morgan fingerprint density at radius 3 is 2.24 bits per heavy atom. The zero-order valence-electron chi connectivity index (χ0n) is 10.7. The van der Waals surface area contributed by atoms with Crippen LogP contribution in [0.4, 0.5) is 0 Å². The average molecular weight is 261 g/mol. The predicted octanol–water partition coefficient (Wildman–Crippen LogP) is 1.43. The van der Waals surface area contributed by atoms with Gasteiger partial charge >= 0.3 is 0 Å². The number of hydrogen-bond donors (Lipinski definition) is 1. The first-order valence-electron chi connectivity index (χ1n) is 6.32. The molecule has 100 valence electrons. The van der Waals surface area contributed by atoms with Gasteiger partial charge in [0.2, 0.25) is 0 Å². The molecule has 0 aliphatic heterocycles. The second-order valence-electron chi connectivity index (χ2n) is 5.31. The van der Waals surface area contributed by atoms with Gasteiger partial charge in [0.15, 0.2) is 15.6 Å². The molecule has 0 aromatic heterocycles. The minimum Gasteiger partial charge on any atom is -0.319 e. The number of carbonyl (C=O) groups excluding carboxylic acids is 1. The van der Waals surface area contributed by atoms with Crippen molar-refractivity contribution < 1.29 is 13.2 Å². The molecule has 0 aromatic rings. The van der Waals surface area contributed by atoms with Crippen molar-refractivity contribution in [2.24, 2.45) is 5.73 Å². The molecule has 2 N–H and O–H groups in total. The standard InChI is InChI=1S/C12H23NO3S/c1-10(2)17(15,16)9-6-11(14)12(13)7-4-3-5-8-12/h10H,3-9,13H2,1-2H3. The Bertz CT molecular complexity index is 367. The van der Waals surface area contributed by atoms with E-state index < -0.39 is 20.6 Å². The van der Waals surface area contributed by atoms with Crippen LogP contribution in [0.25, 0.3) is 0 Å². The normalized spacial score (nSPS) is 20.5. The van der Waals surface area contributed by atoms with Crippen molar-refractivity contribution in [2.45, 2.75) is 63.2 Å². The largest absolute Gasteiger partial charge is 0.319 e. The summed E-state index contributed by atoms with van der Waals surface area (Å²) in [6, 6.07) is 0. The summed E-state index contributed by atoms with van der Waals surface area (Å²) in [5, 5.41) is -0.421. The van der Waals surface area contributed by atoms with Crippen LogP contribution in [0.1, 0.15) is 52.4 Å². The lowest BCUT2D eigenvalue weighted by molar-refractivity contribution is -0.124. The molecular formula is C12H23NO3S. The van der Waals surface area contributed by atoms with Gasteiger partial charge in [0.1, 0.15) is 0 Å². The van der Waals surface area contributed by atoms with E-state index in [9.17, 15) is 13.2 Å². The molecule has 0 spiro atoms. The maximum Gasteiger partial charge on any atom is 0.153 e. The fraction of sp³-hybridized carbons (Fsp3) is 0.917. The van der Waals surface area contributed by atoms with Crippen molar-refractivity contribution in [3.05, 3.63) is 0 Å². The van der Waals surface area contributed by atoms with Crippen molar-refractivity contribution in [3.8, 4) is 0 Å². The third-order valence-corrected chi connectivity index (χ3v) is 5.84. The number of nitrogens with two attached hydrogens (primary N) is 1. The summed E-state index contributed by atoms with van der Waals surface area (Å²) in [5.74, 6) is -0.149. The lowest BCUT2D eigenvalue weighted by atomic mass is 9.79. The van der Waals surface area contributed by atoms with Crippen molar-refractivity contribution in [2.75, 3.05) is 5.75 Å². The molecule has 1 fully saturated rings. The summed E-state index contributed by atoms with van der Waals surface area (Å²) < 4.78 is 23.3. The van der Waals surface area contributed by atoms with Gasteiger partial charge < -0.3 is 5.73 Å². The van der Waals surface area contributed by atoms with E-state index in [1.54, 1.807) is 13.8 Å². The summed E-state index contributed by atoms with van der Waals surface area (Å²) in [5.41, 5.74) is 5.30. The summed E-state index contributed by atoms with van der Waals surface area (Å²) in [4.78, 5) is 12.0. The zero-order valence-corrected chi connectivity index (χ0v) is 11.6. The Labute approximate surface area is 104 Å². The van der Waals surface area contributed by atoms with E-state index in [2.05, 4.69) is 0 Å². The van der Waals surface area contributed by atoms with Crippen LogP contribution in [0.3, 0.4) is 0 Å². The van der Waals surface area contributed by atoms with Gasteiger partial charge in [-0.1, -0.05) is 19.3 Å². The minimum absolute atomic E-state index is 0.0665. The second kappa shape index (κ2) is 5.48. The van der Waals surface area contributed by atoms with Crippen LogP contribution in [0, 0.1) is 0 Å². The number of rotatable bonds is 5. The van der Waals surface area contributed by atoms with Crippen LogP contribution in [0.5, 0.6) is 0 Å². The molecule has 1 aliphatic carbocycles. The molecule has 0 radical (unpaired) electrons. The SMILES string of the molecule is CC(C)S(=O)(=O)CCC(=O)C1(N)CCCCC1. The molecule has 1 rings (SSSR count). The highest BCUT2D eigenvalue weighted by atomic mass is 32.2. The number of ketones is 1. The number of carbonyl (C=O) groups is 1. The van der Waals surface area contributed by atoms with Crippen LogP contribution >= 0.6 is 0 Å². The summed E-state index contributed by atoms with van der Waals surface area (Å²) in [6.07, 6.45) is 4.53. The first kappa shape index (κ1) is 14.6. The van der Waals surface area contributed by atoms with Crippen LogP contribution < -0.4 is 5.73 Å². The van der Waals surface area contributed by atoms with Gasteiger partial charge in [-0.2, -0.15) is 0 Å². The Balaban J connectivity index is 2.55. The molecule has 0 saturated heterocycles. The lowest BCUT2D eigenvalue weighted by Crippen LogP contribution is -2.49. The molecule has 0 bridgehead atoms. The Morgan fingerprint density at radius 2 is 1.76 bits per heavy atom. The predicted molar refractivity (Wildman–Crippen MR) is 68.6 cm³/mol. The van der Waals surface area contributed by atoms with Gasteiger partial charge in [0, 0.05) is 6.42 Å². The highest BCUT2D eigenvalue weighted by Crippen LogP contribution is 2.27. The van der Waals surface area contributed by atoms with Crippen molar-refractivity contribution in [3.63, 3.8) is 0 Å². The van der Waals surface area contributed by atoms with E-state index in [0.29, 0.717) is 12.8 Å². The van der Waals surface area contributed by atoms with Gasteiger partial charge in [-0.25, -0.2) is 8.42 Å². The van der Waals surface area contributed by atoms with Gasteiger partial charge in [-0.15, -0.1) is 0 Å². The molecule has 0 unspecified atom stereocenters. The highest BCUT2D eigenvalue weighted by molar-refractivity contribution is 7.91. The first-order valence-corrected chi connectivity index (χ1v) is 8.03. The molecule has 0 heterocycles. The van der Waals surface area contributed by atoms with E-state index in [1.807, 2.05) is 0 Å². The molecule has 4 nitrogen and oxygen atoms in total. The smallest absolute Gasteiger partial charge is 0.153 e. The van der Waals surface area contributed by atoms with Crippen molar-refractivity contribution >= 4 is 15.6 Å². The third-order valence-electron chi connectivity index (χ3n) is 3.63. The van der Waals surface area contributed by atoms with Crippen LogP contribution in [-0.2, 0) is 14.6 Å². The topological polar surface area (TPSA) is 77.2 Å². The van der Waals surface area contributed by atoms with E-state index in [0.717, 1.165) is 19.3 Å². The Morgan fingerprint density at radius 1 is 1.24 bits per heavy atom. The molecule has 1 saturated carbocycles. The van der Waals surface area contributed by atoms with E-state index >= 15 is 0 Å². The molecular weight excluding hydrogens is 238 g/mol. The number of Topliss-reactive ketones (excluding diaryl/α,β-unsaturated/α-hetero) is 1. The molecule has 5 heteroatoms. The molecule has 17 heavy (non-hydrogen) atoms. The van der Waals surface area contributed by atoms with Crippen molar-refractivity contribution in [1.82, 2.24) is 0 Å². The molecule has 0 aromatic carbocycles. The highest BCUT2D eigenvalue weighted by Gasteiger charge is 2.35. The summed E-state index contributed by atoms with van der Waals surface area (Å²) >= 11 is 0.